The van der Waals surface area contributed by atoms with Crippen LogP contribution in [0.15, 0.2) is 182 Å². The van der Waals surface area contributed by atoms with Gasteiger partial charge in [-0.05, 0) is 107 Å². The molecule has 8 aromatic rings. The zero-order valence-electron chi connectivity index (χ0n) is 31.8. The molecule has 0 saturated carbocycles. The summed E-state index contributed by atoms with van der Waals surface area (Å²) in [6.07, 6.45) is 5.24. The maximum Gasteiger partial charge on any atom is 0.119 e. The highest BCUT2D eigenvalue weighted by molar-refractivity contribution is 7.17. The maximum absolute atomic E-state index is 8.23. The highest BCUT2D eigenvalue weighted by Crippen LogP contribution is 2.34. The molecule has 0 saturated heterocycles. The van der Waals surface area contributed by atoms with Crippen molar-refractivity contribution in [2.24, 2.45) is 11.5 Å². The topological polar surface area (TPSA) is 75.9 Å². The number of hydrogen-bond acceptors (Lipinski definition) is 3. The van der Waals surface area contributed by atoms with Gasteiger partial charge in [0.05, 0.1) is 0 Å². The van der Waals surface area contributed by atoms with Gasteiger partial charge >= 0.3 is 0 Å². The Balaban J connectivity index is 0.000000267. The third-order valence-electron chi connectivity index (χ3n) is 10.0. The van der Waals surface area contributed by atoms with Crippen molar-refractivity contribution in [3.05, 3.63) is 203 Å². The van der Waals surface area contributed by atoms with Crippen molar-refractivity contribution in [3.63, 3.8) is 0 Å². The van der Waals surface area contributed by atoms with Gasteiger partial charge in [-0.1, -0.05) is 163 Å². The fourth-order valence-corrected chi connectivity index (χ4v) is 8.23. The molecule has 0 spiro atoms. The Labute approximate surface area is 334 Å². The van der Waals surface area contributed by atoms with Crippen molar-refractivity contribution in [3.8, 4) is 44.5 Å². The van der Waals surface area contributed by atoms with Crippen LogP contribution >= 0.6 is 11.3 Å². The zero-order valence-corrected chi connectivity index (χ0v) is 32.6. The van der Waals surface area contributed by atoms with E-state index in [9.17, 15) is 0 Å². The molecule has 1 aliphatic carbocycles. The first-order chi connectivity index (χ1) is 27.5. The number of hydrogen-bond donors (Lipinski definition) is 3. The average molecular weight is 746 g/mol. The van der Waals surface area contributed by atoms with Crippen molar-refractivity contribution in [2.45, 2.75) is 32.7 Å². The number of nitrogens with one attached hydrogen (secondary N) is 1. The average Bonchev–Trinajstić information content (AvgIpc) is 3.48. The summed E-state index contributed by atoms with van der Waals surface area (Å²) in [7, 11) is 0. The van der Waals surface area contributed by atoms with Gasteiger partial charge in [-0.15, -0.1) is 11.3 Å². The standard InChI is InChI=1S/C38H30N2S.C7H9N.C7H8/c39-38(40)33-13-7-8-14-36-37(33)34-24-29(19-20-35(34)41-36)27-15-17-28(18-16-27)32-22-30(25-9-3-1-4-10-25)21-31(23-32)26-11-5-2-6-12-26;8-6-7-4-2-1-3-5-7;1-7-5-3-2-4-6-7/h1-6,9-12,14-24H,7-8,13H2,(H3,39,40);1-5H,6,8H2;2-6H,1H3. The van der Waals surface area contributed by atoms with Crippen LogP contribution in [0.5, 0.6) is 0 Å². The number of amidine groups is 1. The van der Waals surface area contributed by atoms with E-state index < -0.39 is 0 Å². The first kappa shape index (κ1) is 38.0. The first-order valence-electron chi connectivity index (χ1n) is 19.2. The monoisotopic (exact) mass is 745 g/mol. The molecular formula is C52H47N3S. The summed E-state index contributed by atoms with van der Waals surface area (Å²) in [5.41, 5.74) is 24.5. The summed E-state index contributed by atoms with van der Waals surface area (Å²) in [6, 6.07) is 63.9. The van der Waals surface area contributed by atoms with E-state index in [1.54, 1.807) is 0 Å². The third kappa shape index (κ3) is 9.30. The Morgan fingerprint density at radius 1 is 0.554 bits per heavy atom. The van der Waals surface area contributed by atoms with Crippen LogP contribution in [0.2, 0.25) is 0 Å². The molecule has 0 bridgehead atoms. The molecule has 0 fully saturated rings. The smallest absolute Gasteiger partial charge is 0.119 e. The van der Waals surface area contributed by atoms with E-state index in [1.807, 2.05) is 59.9 Å². The lowest BCUT2D eigenvalue weighted by atomic mass is 9.92. The minimum Gasteiger partial charge on any atom is -0.384 e. The Bertz CT molecular complexity index is 2590. The van der Waals surface area contributed by atoms with Gasteiger partial charge in [0.25, 0.3) is 0 Å². The van der Waals surface area contributed by atoms with E-state index in [1.165, 1.54) is 75.5 Å². The molecular weight excluding hydrogens is 699 g/mol. The maximum atomic E-state index is 8.23. The van der Waals surface area contributed by atoms with E-state index in [2.05, 4.69) is 146 Å². The van der Waals surface area contributed by atoms with Crippen LogP contribution < -0.4 is 21.2 Å². The molecule has 56 heavy (non-hydrogen) atoms. The second kappa shape index (κ2) is 18.3. The van der Waals surface area contributed by atoms with E-state index in [0.29, 0.717) is 6.54 Å². The largest absolute Gasteiger partial charge is 0.384 e. The summed E-state index contributed by atoms with van der Waals surface area (Å²) in [4.78, 5) is 0. The van der Waals surface area contributed by atoms with E-state index in [-0.39, 0.29) is 5.84 Å². The quantitative estimate of drug-likeness (QED) is 0.117. The van der Waals surface area contributed by atoms with Crippen LogP contribution in [0.1, 0.15) is 30.4 Å². The van der Waals surface area contributed by atoms with Crippen molar-refractivity contribution >= 4 is 38.9 Å². The normalized spacial score (nSPS) is 11.9. The molecule has 0 amide bonds. The molecule has 1 aliphatic rings. The summed E-state index contributed by atoms with van der Waals surface area (Å²) >= 11 is 1.81. The van der Waals surface area contributed by atoms with Crippen LogP contribution in [0.25, 0.3) is 66.2 Å². The molecule has 9 rings (SSSR count). The number of rotatable bonds is 6. The van der Waals surface area contributed by atoms with Crippen LogP contribution in [0.4, 0.5) is 0 Å². The molecule has 4 heteroatoms. The molecule has 7 aromatic carbocycles. The molecule has 276 valence electrons. The fraction of sp³-hybridized carbons (Fsp3) is 0.0962. The Kier molecular flexibility index (Phi) is 12.4. The molecule has 1 heterocycles. The fourth-order valence-electron chi connectivity index (χ4n) is 7.05. The van der Waals surface area contributed by atoms with Gasteiger partial charge in [0.1, 0.15) is 5.84 Å². The van der Waals surface area contributed by atoms with Crippen LogP contribution in [-0.4, -0.2) is 5.84 Å². The Hall–Kier alpha value is -6.33. The van der Waals surface area contributed by atoms with Gasteiger partial charge in [-0.25, -0.2) is 0 Å². The molecule has 3 nitrogen and oxygen atoms in total. The lowest BCUT2D eigenvalue weighted by molar-refractivity contribution is 0.914. The summed E-state index contributed by atoms with van der Waals surface area (Å²) in [5, 5.41) is 10.6. The number of thiophene rings is 1. The second-order valence-electron chi connectivity index (χ2n) is 14.0. The van der Waals surface area contributed by atoms with Crippen molar-refractivity contribution < 1.29 is 0 Å². The summed E-state index contributed by atoms with van der Waals surface area (Å²) in [6.45, 7) is 2.72. The predicted octanol–water partition coefficient (Wildman–Crippen LogP) is 11.8. The first-order valence-corrected chi connectivity index (χ1v) is 20.0. The van der Waals surface area contributed by atoms with Crippen molar-refractivity contribution in [2.75, 3.05) is 0 Å². The van der Waals surface area contributed by atoms with Crippen LogP contribution in [0.3, 0.4) is 0 Å². The van der Waals surface area contributed by atoms with Gasteiger partial charge < -0.3 is 11.5 Å². The van der Waals surface area contributed by atoms with Crippen LogP contribution in [-0.2, 0) is 6.54 Å². The van der Waals surface area contributed by atoms with E-state index in [0.717, 1.165) is 24.8 Å². The minimum atomic E-state index is 0.198. The number of aryl methyl sites for hydroxylation is 1. The molecule has 0 radical (unpaired) electrons. The minimum absolute atomic E-state index is 0.198. The molecule has 1 aromatic heterocycles. The molecule has 0 atom stereocenters. The highest BCUT2D eigenvalue weighted by atomic mass is 32.1. The Morgan fingerprint density at radius 2 is 1.02 bits per heavy atom. The Morgan fingerprint density at radius 3 is 1.48 bits per heavy atom. The second-order valence-corrected chi connectivity index (χ2v) is 15.1. The summed E-state index contributed by atoms with van der Waals surface area (Å²) in [5.74, 6) is 0.198. The van der Waals surface area contributed by atoms with Crippen molar-refractivity contribution in [1.82, 2.24) is 0 Å². The highest BCUT2D eigenvalue weighted by Gasteiger charge is 2.13. The number of benzene rings is 7. The summed E-state index contributed by atoms with van der Waals surface area (Å²) < 4.78 is 2.50. The van der Waals surface area contributed by atoms with E-state index >= 15 is 0 Å². The SMILES string of the molecule is Cc1ccccc1.N=C(N)C1=c2c(sc3ccc(-c4ccc(-c5cc(-c6ccccc6)cc(-c6ccccc6)c5)cc4)cc23)=CCCC1.NCc1ccccc1. The third-order valence-corrected chi connectivity index (χ3v) is 11.2. The van der Waals surface area contributed by atoms with Gasteiger partial charge in [0.15, 0.2) is 0 Å². The lowest BCUT2D eigenvalue weighted by Gasteiger charge is -2.12. The van der Waals surface area contributed by atoms with Crippen molar-refractivity contribution in [1.29, 1.82) is 5.41 Å². The molecule has 0 unspecified atom stereocenters. The predicted molar refractivity (Wildman–Crippen MR) is 242 cm³/mol. The molecule has 5 N–H and O–H groups in total. The van der Waals surface area contributed by atoms with Gasteiger partial charge in [0, 0.05) is 32.0 Å². The lowest BCUT2D eigenvalue weighted by Crippen LogP contribution is -2.27. The van der Waals surface area contributed by atoms with Gasteiger partial charge in [-0.2, -0.15) is 0 Å². The van der Waals surface area contributed by atoms with Gasteiger partial charge in [0.2, 0.25) is 0 Å². The van der Waals surface area contributed by atoms with Gasteiger partial charge in [-0.3, -0.25) is 5.41 Å². The van der Waals surface area contributed by atoms with Crippen LogP contribution in [0, 0.1) is 12.3 Å². The number of fused-ring (bicyclic) bond motifs is 3. The van der Waals surface area contributed by atoms with E-state index in [4.69, 9.17) is 16.9 Å². The number of nitrogens with two attached hydrogens (primary N) is 2. The zero-order chi connectivity index (χ0) is 38.7. The molecule has 0 aliphatic heterocycles.